The smallest absolute Gasteiger partial charge is 0.0427 e. The zero-order valence-electron chi connectivity index (χ0n) is 10.9. The van der Waals surface area contributed by atoms with Crippen molar-refractivity contribution in [3.05, 3.63) is 24.0 Å². The topological polar surface area (TPSA) is 19.4 Å². The third-order valence-electron chi connectivity index (χ3n) is 2.83. The second-order valence-corrected chi connectivity index (χ2v) is 3.95. The summed E-state index contributed by atoms with van der Waals surface area (Å²) in [5.74, 6) is 0. The van der Waals surface area contributed by atoms with Crippen molar-refractivity contribution in [2.45, 2.75) is 20.8 Å². The van der Waals surface area contributed by atoms with E-state index in [-0.39, 0.29) is 0 Å². The summed E-state index contributed by atoms with van der Waals surface area (Å²) in [5.41, 5.74) is 2.62. The van der Waals surface area contributed by atoms with Crippen LogP contribution >= 0.6 is 0 Å². The Labute approximate surface area is 99.1 Å². The number of hydrogen-bond donors (Lipinski definition) is 0. The fourth-order valence-corrected chi connectivity index (χ4v) is 1.87. The number of pyridine rings is 1. The van der Waals surface area contributed by atoms with Crippen molar-refractivity contribution >= 4 is 5.69 Å². The SMILES string of the molecule is CC.Cc1cnccc1N1CCN(C)CC1. The van der Waals surface area contributed by atoms with Crippen molar-refractivity contribution < 1.29 is 0 Å². The van der Waals surface area contributed by atoms with Crippen LogP contribution in [0.1, 0.15) is 19.4 Å². The summed E-state index contributed by atoms with van der Waals surface area (Å²) in [6.07, 6.45) is 3.81. The summed E-state index contributed by atoms with van der Waals surface area (Å²) in [5, 5.41) is 0. The molecule has 0 aromatic carbocycles. The van der Waals surface area contributed by atoms with Crippen LogP contribution in [0.2, 0.25) is 0 Å². The fourth-order valence-electron chi connectivity index (χ4n) is 1.87. The minimum atomic E-state index is 1.13. The van der Waals surface area contributed by atoms with Crippen LogP contribution in [-0.2, 0) is 0 Å². The fraction of sp³-hybridized carbons (Fsp3) is 0.615. The molecule has 3 nitrogen and oxygen atoms in total. The summed E-state index contributed by atoms with van der Waals surface area (Å²) >= 11 is 0. The Kier molecular flexibility index (Phi) is 5.26. The van der Waals surface area contributed by atoms with E-state index in [0.717, 1.165) is 26.2 Å². The quantitative estimate of drug-likeness (QED) is 0.724. The van der Waals surface area contributed by atoms with Gasteiger partial charge in [0.1, 0.15) is 0 Å². The summed E-state index contributed by atoms with van der Waals surface area (Å²) in [4.78, 5) is 8.93. The van der Waals surface area contributed by atoms with Crippen molar-refractivity contribution in [2.24, 2.45) is 0 Å². The first-order valence-electron chi connectivity index (χ1n) is 6.11. The highest BCUT2D eigenvalue weighted by molar-refractivity contribution is 5.51. The summed E-state index contributed by atoms with van der Waals surface area (Å²) < 4.78 is 0. The molecular formula is C13H23N3. The number of nitrogens with zero attached hydrogens (tertiary/aromatic N) is 3. The summed E-state index contributed by atoms with van der Waals surface area (Å²) in [6.45, 7) is 10.7. The first-order valence-corrected chi connectivity index (χ1v) is 6.11. The highest BCUT2D eigenvalue weighted by Crippen LogP contribution is 2.19. The van der Waals surface area contributed by atoms with E-state index in [1.165, 1.54) is 11.3 Å². The molecule has 0 atom stereocenters. The van der Waals surface area contributed by atoms with E-state index in [4.69, 9.17) is 0 Å². The molecule has 0 bridgehead atoms. The van der Waals surface area contributed by atoms with Gasteiger partial charge in [0.15, 0.2) is 0 Å². The normalized spacial score (nSPS) is 16.6. The molecule has 3 heteroatoms. The molecule has 1 aromatic rings. The number of anilines is 1. The lowest BCUT2D eigenvalue weighted by molar-refractivity contribution is 0.312. The lowest BCUT2D eigenvalue weighted by Crippen LogP contribution is -2.44. The molecule has 0 spiro atoms. The van der Waals surface area contributed by atoms with Gasteiger partial charge < -0.3 is 9.80 Å². The van der Waals surface area contributed by atoms with Gasteiger partial charge in [-0.1, -0.05) is 13.8 Å². The van der Waals surface area contributed by atoms with Gasteiger partial charge >= 0.3 is 0 Å². The summed E-state index contributed by atoms with van der Waals surface area (Å²) in [6, 6.07) is 2.11. The Morgan fingerprint density at radius 3 is 2.31 bits per heavy atom. The van der Waals surface area contributed by atoms with E-state index in [9.17, 15) is 0 Å². The molecule has 0 amide bonds. The van der Waals surface area contributed by atoms with Gasteiger partial charge in [0.25, 0.3) is 0 Å². The lowest BCUT2D eigenvalue weighted by Gasteiger charge is -2.34. The maximum absolute atomic E-state index is 4.12. The van der Waals surface area contributed by atoms with Gasteiger partial charge in [-0.05, 0) is 25.6 Å². The van der Waals surface area contributed by atoms with E-state index < -0.39 is 0 Å². The average Bonchev–Trinajstić information content (AvgIpc) is 2.34. The van der Waals surface area contributed by atoms with Gasteiger partial charge in [-0.3, -0.25) is 4.98 Å². The zero-order valence-corrected chi connectivity index (χ0v) is 10.9. The first-order chi connectivity index (χ1) is 7.77. The van der Waals surface area contributed by atoms with Gasteiger partial charge in [-0.15, -0.1) is 0 Å². The predicted molar refractivity (Wildman–Crippen MR) is 70.0 cm³/mol. The molecule has 2 heterocycles. The third kappa shape index (κ3) is 3.20. The van der Waals surface area contributed by atoms with Crippen LogP contribution in [0.4, 0.5) is 5.69 Å². The molecule has 1 aliphatic rings. The highest BCUT2D eigenvalue weighted by atomic mass is 15.2. The molecule has 0 N–H and O–H groups in total. The molecule has 1 fully saturated rings. The molecule has 1 aromatic heterocycles. The minimum absolute atomic E-state index is 1.13. The van der Waals surface area contributed by atoms with Crippen molar-refractivity contribution in [3.8, 4) is 0 Å². The molecule has 1 aliphatic heterocycles. The van der Waals surface area contributed by atoms with Crippen LogP contribution in [0.15, 0.2) is 18.5 Å². The second-order valence-electron chi connectivity index (χ2n) is 3.95. The Balaban J connectivity index is 0.000000606. The highest BCUT2D eigenvalue weighted by Gasteiger charge is 2.15. The zero-order chi connectivity index (χ0) is 12.0. The minimum Gasteiger partial charge on any atom is -0.369 e. The Hall–Kier alpha value is -1.09. The molecule has 1 saturated heterocycles. The van der Waals surface area contributed by atoms with E-state index >= 15 is 0 Å². The van der Waals surface area contributed by atoms with Gasteiger partial charge in [-0.25, -0.2) is 0 Å². The maximum atomic E-state index is 4.12. The van der Waals surface area contributed by atoms with Gasteiger partial charge in [0.2, 0.25) is 0 Å². The van der Waals surface area contributed by atoms with Crippen LogP contribution in [0.5, 0.6) is 0 Å². The van der Waals surface area contributed by atoms with Gasteiger partial charge in [0.05, 0.1) is 0 Å². The Morgan fingerprint density at radius 1 is 1.12 bits per heavy atom. The van der Waals surface area contributed by atoms with Crippen LogP contribution < -0.4 is 4.90 Å². The molecule has 0 saturated carbocycles. The van der Waals surface area contributed by atoms with Gasteiger partial charge in [0, 0.05) is 44.3 Å². The van der Waals surface area contributed by atoms with Crippen molar-refractivity contribution in [1.29, 1.82) is 0 Å². The standard InChI is InChI=1S/C11H17N3.C2H6/c1-10-9-12-4-3-11(10)14-7-5-13(2)6-8-14;1-2/h3-4,9H,5-8H2,1-2H3;1-2H3. The van der Waals surface area contributed by atoms with Gasteiger partial charge in [-0.2, -0.15) is 0 Å². The number of likely N-dealkylation sites (N-methyl/N-ethyl adjacent to an activating group) is 1. The molecule has 16 heavy (non-hydrogen) atoms. The molecule has 0 unspecified atom stereocenters. The number of piperazine rings is 1. The van der Waals surface area contributed by atoms with Crippen molar-refractivity contribution in [2.75, 3.05) is 38.1 Å². The monoisotopic (exact) mass is 221 g/mol. The Bertz CT molecular complexity index is 304. The number of rotatable bonds is 1. The lowest BCUT2D eigenvalue weighted by atomic mass is 10.2. The molecular weight excluding hydrogens is 198 g/mol. The predicted octanol–water partition coefficient (Wildman–Crippen LogP) is 2.17. The number of aryl methyl sites for hydroxylation is 1. The molecule has 0 aliphatic carbocycles. The van der Waals surface area contributed by atoms with E-state index in [2.05, 4.69) is 34.8 Å². The molecule has 0 radical (unpaired) electrons. The number of aromatic nitrogens is 1. The van der Waals surface area contributed by atoms with Crippen molar-refractivity contribution in [1.82, 2.24) is 9.88 Å². The van der Waals surface area contributed by atoms with E-state index in [1.807, 2.05) is 26.2 Å². The maximum Gasteiger partial charge on any atom is 0.0427 e. The van der Waals surface area contributed by atoms with E-state index in [1.54, 1.807) is 0 Å². The van der Waals surface area contributed by atoms with Crippen molar-refractivity contribution in [3.63, 3.8) is 0 Å². The number of hydrogen-bond acceptors (Lipinski definition) is 3. The summed E-state index contributed by atoms with van der Waals surface area (Å²) in [7, 11) is 2.18. The second kappa shape index (κ2) is 6.48. The first kappa shape index (κ1) is 13.0. The van der Waals surface area contributed by atoms with Crippen LogP contribution in [0.3, 0.4) is 0 Å². The Morgan fingerprint density at radius 2 is 1.75 bits per heavy atom. The average molecular weight is 221 g/mol. The van der Waals surface area contributed by atoms with E-state index in [0.29, 0.717) is 0 Å². The van der Waals surface area contributed by atoms with Crippen LogP contribution in [0.25, 0.3) is 0 Å². The van der Waals surface area contributed by atoms with Crippen LogP contribution in [-0.4, -0.2) is 43.1 Å². The third-order valence-corrected chi connectivity index (χ3v) is 2.83. The molecule has 2 rings (SSSR count). The largest absolute Gasteiger partial charge is 0.369 e. The van der Waals surface area contributed by atoms with Crippen LogP contribution in [0, 0.1) is 6.92 Å². The molecule has 90 valence electrons.